The van der Waals surface area contributed by atoms with Crippen molar-refractivity contribution in [1.82, 2.24) is 10.2 Å². The zero-order valence-electron chi connectivity index (χ0n) is 17.2. The van der Waals surface area contributed by atoms with E-state index < -0.39 is 17.5 Å². The minimum atomic E-state index is -0.871. The van der Waals surface area contributed by atoms with Crippen molar-refractivity contribution in [1.29, 1.82) is 0 Å². The van der Waals surface area contributed by atoms with E-state index >= 15 is 0 Å². The van der Waals surface area contributed by atoms with E-state index in [-0.39, 0.29) is 23.5 Å². The standard InChI is InChI=1S/C23H26F2N2O3/c1-15(2)30-19-6-3-16(4-7-19)14-26-22(28)17-9-11-27(12-10-17)23(29)20-8-5-18(24)13-21(20)25/h3-8,13,15,17H,9-12,14H2,1-2H3,(H,26,28). The van der Waals surface area contributed by atoms with Gasteiger partial charge < -0.3 is 15.0 Å². The SMILES string of the molecule is CC(C)Oc1ccc(CNC(=O)C2CCN(C(=O)c3ccc(F)cc3F)CC2)cc1. The van der Waals surface area contributed by atoms with Crippen LogP contribution in [0.2, 0.25) is 0 Å². The third kappa shape index (κ3) is 5.55. The van der Waals surface area contributed by atoms with Gasteiger partial charge >= 0.3 is 0 Å². The number of piperidine rings is 1. The summed E-state index contributed by atoms with van der Waals surface area (Å²) in [4.78, 5) is 26.5. The van der Waals surface area contributed by atoms with Crippen LogP contribution >= 0.6 is 0 Å². The number of ether oxygens (including phenoxy) is 1. The maximum absolute atomic E-state index is 13.8. The van der Waals surface area contributed by atoms with E-state index in [1.54, 1.807) is 0 Å². The predicted octanol–water partition coefficient (Wildman–Crippen LogP) is 3.92. The summed E-state index contributed by atoms with van der Waals surface area (Å²) in [6.07, 6.45) is 1.11. The van der Waals surface area contributed by atoms with Gasteiger partial charge in [0.1, 0.15) is 17.4 Å². The first kappa shape index (κ1) is 21.7. The van der Waals surface area contributed by atoms with Crippen LogP contribution in [0.5, 0.6) is 5.75 Å². The number of carbonyl (C=O) groups excluding carboxylic acids is 2. The number of hydrogen-bond acceptors (Lipinski definition) is 3. The fourth-order valence-electron chi connectivity index (χ4n) is 3.47. The minimum Gasteiger partial charge on any atom is -0.491 e. The summed E-state index contributed by atoms with van der Waals surface area (Å²) in [5, 5.41) is 2.94. The first-order valence-electron chi connectivity index (χ1n) is 10.1. The topological polar surface area (TPSA) is 58.6 Å². The van der Waals surface area contributed by atoms with Gasteiger partial charge in [0.25, 0.3) is 5.91 Å². The summed E-state index contributed by atoms with van der Waals surface area (Å²) in [7, 11) is 0. The molecule has 0 aromatic heterocycles. The lowest BCUT2D eigenvalue weighted by Gasteiger charge is -2.31. The van der Waals surface area contributed by atoms with E-state index in [0.29, 0.717) is 38.5 Å². The lowest BCUT2D eigenvalue weighted by molar-refractivity contribution is -0.126. The van der Waals surface area contributed by atoms with Crippen LogP contribution in [0, 0.1) is 17.6 Å². The molecule has 1 saturated heterocycles. The molecular weight excluding hydrogens is 390 g/mol. The van der Waals surface area contributed by atoms with Gasteiger partial charge in [-0.15, -0.1) is 0 Å². The predicted molar refractivity (Wildman–Crippen MR) is 109 cm³/mol. The van der Waals surface area contributed by atoms with Crippen LogP contribution < -0.4 is 10.1 Å². The smallest absolute Gasteiger partial charge is 0.256 e. The van der Waals surface area contributed by atoms with Crippen LogP contribution in [0.1, 0.15) is 42.6 Å². The molecule has 0 bridgehead atoms. The van der Waals surface area contributed by atoms with E-state index in [0.717, 1.165) is 23.4 Å². The second-order valence-electron chi connectivity index (χ2n) is 7.72. The Bertz CT molecular complexity index is 892. The van der Waals surface area contributed by atoms with Gasteiger partial charge in [0.2, 0.25) is 5.91 Å². The Balaban J connectivity index is 1.47. The largest absolute Gasteiger partial charge is 0.491 e. The number of nitrogens with one attached hydrogen (secondary N) is 1. The highest BCUT2D eigenvalue weighted by atomic mass is 19.1. The molecule has 0 spiro atoms. The van der Waals surface area contributed by atoms with Gasteiger partial charge in [-0.1, -0.05) is 12.1 Å². The molecule has 0 unspecified atom stereocenters. The zero-order chi connectivity index (χ0) is 21.7. The molecule has 5 nitrogen and oxygen atoms in total. The van der Waals surface area contributed by atoms with Crippen molar-refractivity contribution in [3.8, 4) is 5.75 Å². The van der Waals surface area contributed by atoms with Crippen LogP contribution in [0.4, 0.5) is 8.78 Å². The van der Waals surface area contributed by atoms with Gasteiger partial charge in [-0.25, -0.2) is 8.78 Å². The Hall–Kier alpha value is -2.96. The highest BCUT2D eigenvalue weighted by Gasteiger charge is 2.28. The summed E-state index contributed by atoms with van der Waals surface area (Å²) in [6, 6.07) is 10.5. The first-order chi connectivity index (χ1) is 14.3. The van der Waals surface area contributed by atoms with Crippen molar-refractivity contribution in [2.75, 3.05) is 13.1 Å². The second kappa shape index (κ2) is 9.69. The number of nitrogens with zero attached hydrogens (tertiary/aromatic N) is 1. The molecule has 2 aromatic carbocycles. The average Bonchev–Trinajstić information content (AvgIpc) is 2.72. The van der Waals surface area contributed by atoms with E-state index in [4.69, 9.17) is 4.74 Å². The zero-order valence-corrected chi connectivity index (χ0v) is 17.2. The molecular formula is C23H26F2N2O3. The van der Waals surface area contributed by atoms with Crippen LogP contribution in [0.25, 0.3) is 0 Å². The summed E-state index contributed by atoms with van der Waals surface area (Å²) < 4.78 is 32.5. The first-order valence-corrected chi connectivity index (χ1v) is 10.1. The minimum absolute atomic E-state index is 0.0578. The molecule has 0 radical (unpaired) electrons. The van der Waals surface area contributed by atoms with Crippen molar-refractivity contribution >= 4 is 11.8 Å². The highest BCUT2D eigenvalue weighted by molar-refractivity contribution is 5.94. The number of likely N-dealkylation sites (tertiary alicyclic amines) is 1. The monoisotopic (exact) mass is 416 g/mol. The lowest BCUT2D eigenvalue weighted by atomic mass is 9.95. The van der Waals surface area contributed by atoms with Gasteiger partial charge in [0.05, 0.1) is 11.7 Å². The number of rotatable bonds is 6. The van der Waals surface area contributed by atoms with Crippen LogP contribution in [-0.4, -0.2) is 35.9 Å². The van der Waals surface area contributed by atoms with Crippen molar-refractivity contribution in [2.24, 2.45) is 5.92 Å². The normalized spacial score (nSPS) is 14.6. The molecule has 7 heteroatoms. The van der Waals surface area contributed by atoms with Gasteiger partial charge in [-0.3, -0.25) is 9.59 Å². The summed E-state index contributed by atoms with van der Waals surface area (Å²) in [5.74, 6) is -1.54. The van der Waals surface area contributed by atoms with Crippen molar-refractivity contribution in [3.63, 3.8) is 0 Å². The van der Waals surface area contributed by atoms with Gasteiger partial charge in [-0.2, -0.15) is 0 Å². The number of amides is 2. The molecule has 1 N–H and O–H groups in total. The van der Waals surface area contributed by atoms with Crippen LogP contribution in [-0.2, 0) is 11.3 Å². The molecule has 0 atom stereocenters. The van der Waals surface area contributed by atoms with E-state index in [2.05, 4.69) is 5.32 Å². The molecule has 160 valence electrons. The Morgan fingerprint density at radius 3 is 2.37 bits per heavy atom. The fourth-order valence-corrected chi connectivity index (χ4v) is 3.47. The Kier molecular flexibility index (Phi) is 7.03. The van der Waals surface area contributed by atoms with E-state index in [1.165, 1.54) is 4.90 Å². The summed E-state index contributed by atoms with van der Waals surface area (Å²) >= 11 is 0. The Labute approximate surface area is 175 Å². The summed E-state index contributed by atoms with van der Waals surface area (Å²) in [5.41, 5.74) is 0.822. The molecule has 30 heavy (non-hydrogen) atoms. The third-order valence-corrected chi connectivity index (χ3v) is 5.08. The van der Waals surface area contributed by atoms with Crippen molar-refractivity contribution in [3.05, 3.63) is 65.2 Å². The van der Waals surface area contributed by atoms with Crippen molar-refractivity contribution < 1.29 is 23.1 Å². The highest BCUT2D eigenvalue weighted by Crippen LogP contribution is 2.21. The number of hydrogen-bond donors (Lipinski definition) is 1. The average molecular weight is 416 g/mol. The fraction of sp³-hybridized carbons (Fsp3) is 0.391. The van der Waals surface area contributed by atoms with Crippen LogP contribution in [0.15, 0.2) is 42.5 Å². The quantitative estimate of drug-likeness (QED) is 0.777. The summed E-state index contributed by atoms with van der Waals surface area (Å²) in [6.45, 7) is 5.05. The van der Waals surface area contributed by atoms with Crippen molar-refractivity contribution in [2.45, 2.75) is 39.3 Å². The number of benzene rings is 2. The maximum atomic E-state index is 13.8. The molecule has 1 aliphatic heterocycles. The molecule has 1 aliphatic rings. The van der Waals surface area contributed by atoms with Crippen LogP contribution in [0.3, 0.4) is 0 Å². The molecule has 0 saturated carbocycles. The number of carbonyl (C=O) groups is 2. The molecule has 2 aromatic rings. The molecule has 0 aliphatic carbocycles. The molecule has 1 fully saturated rings. The number of halogens is 2. The maximum Gasteiger partial charge on any atom is 0.256 e. The van der Waals surface area contributed by atoms with E-state index in [1.807, 2.05) is 38.1 Å². The van der Waals surface area contributed by atoms with Gasteiger partial charge in [0, 0.05) is 31.6 Å². The molecule has 3 rings (SSSR count). The molecule has 2 amide bonds. The Morgan fingerprint density at radius 1 is 1.10 bits per heavy atom. The lowest BCUT2D eigenvalue weighted by Crippen LogP contribution is -2.43. The van der Waals surface area contributed by atoms with E-state index in [9.17, 15) is 18.4 Å². The Morgan fingerprint density at radius 2 is 1.77 bits per heavy atom. The second-order valence-corrected chi connectivity index (χ2v) is 7.72. The van der Waals surface area contributed by atoms with Gasteiger partial charge in [-0.05, 0) is 56.5 Å². The van der Waals surface area contributed by atoms with Gasteiger partial charge in [0.15, 0.2) is 0 Å². The molecule has 1 heterocycles. The third-order valence-electron chi connectivity index (χ3n) is 5.08.